The average molecular weight is 416 g/mol. The van der Waals surface area contributed by atoms with Gasteiger partial charge in [0.15, 0.2) is 0 Å². The summed E-state index contributed by atoms with van der Waals surface area (Å²) in [5.74, 6) is -0.528. The zero-order valence-electron chi connectivity index (χ0n) is 17.3. The molecule has 0 aliphatic rings. The molecule has 32 heavy (non-hydrogen) atoms. The maximum absolute atomic E-state index is 13.2. The Hall–Kier alpha value is -4.44. The van der Waals surface area contributed by atoms with Gasteiger partial charge in [-0.3, -0.25) is 9.59 Å². The molecule has 0 heterocycles. The summed E-state index contributed by atoms with van der Waals surface area (Å²) in [6.45, 7) is 0. The van der Waals surface area contributed by atoms with Crippen LogP contribution in [0, 0.1) is 0 Å². The minimum atomic E-state index is -0.264. The molecule has 0 aliphatic carbocycles. The molecule has 0 saturated heterocycles. The Morgan fingerprint density at radius 3 is 0.906 bits per heavy atom. The monoisotopic (exact) mass is 416 g/mol. The topological polar surface area (TPSA) is 58.9 Å². The number of ketones is 2. The fraction of sp³-hybridized carbons (Fsp3) is 0. The van der Waals surface area contributed by atoms with E-state index in [4.69, 9.17) is 0 Å². The minimum absolute atomic E-state index is 0.172. The first-order chi connectivity index (χ1) is 15.7. The van der Waals surface area contributed by atoms with E-state index in [0.717, 1.165) is 0 Å². The molecule has 0 fully saturated rings. The molecule has 0 saturated carbocycles. The van der Waals surface area contributed by atoms with Gasteiger partial charge in [-0.25, -0.2) is 0 Å². The number of carbonyl (C=O) groups is 2. The van der Waals surface area contributed by atoms with Gasteiger partial charge in [-0.1, -0.05) is 121 Å². The van der Waals surface area contributed by atoms with Crippen LogP contribution in [0.4, 0.5) is 0 Å². The second kappa shape index (κ2) is 10.0. The maximum Gasteiger partial charge on any atom is 0.213 e. The van der Waals surface area contributed by atoms with Crippen LogP contribution in [0.3, 0.4) is 0 Å². The molecule has 0 amide bonds. The first kappa shape index (κ1) is 20.8. The Labute approximate surface area is 186 Å². The van der Waals surface area contributed by atoms with E-state index in [1.165, 1.54) is 0 Å². The summed E-state index contributed by atoms with van der Waals surface area (Å²) in [7, 11) is 0. The molecule has 4 aromatic rings. The normalized spacial score (nSPS) is 11.8. The number of Topliss-reactive ketones (excluding diaryl/α,β-unsaturated/α-hetero) is 2. The van der Waals surface area contributed by atoms with Gasteiger partial charge in [-0.2, -0.15) is 0 Å². The van der Waals surface area contributed by atoms with E-state index in [1.54, 1.807) is 72.8 Å². The van der Waals surface area contributed by atoms with Gasteiger partial charge >= 0.3 is 0 Å². The molecule has 0 radical (unpaired) electrons. The Morgan fingerprint density at radius 2 is 0.625 bits per heavy atom. The summed E-state index contributed by atoms with van der Waals surface area (Å²) in [4.78, 5) is 26.5. The van der Waals surface area contributed by atoms with Gasteiger partial charge in [-0.15, -0.1) is 10.2 Å². The standard InChI is InChI=1S/C28H20N2O2/c31-27(23-17-9-3-10-18-23)25(21-13-5-1-6-14-21)29-30-26(22-15-7-2-8-16-22)28(32)24-19-11-4-12-20-24/h1-20H/b29-25-,30-26-. The molecule has 154 valence electrons. The largest absolute Gasteiger partial charge is 0.287 e. The fourth-order valence-corrected chi connectivity index (χ4v) is 3.21. The second-order valence-electron chi connectivity index (χ2n) is 7.02. The number of hydrogen-bond donors (Lipinski definition) is 0. The molecule has 4 heteroatoms. The third-order valence-corrected chi connectivity index (χ3v) is 4.85. The van der Waals surface area contributed by atoms with E-state index in [-0.39, 0.29) is 23.0 Å². The lowest BCUT2D eigenvalue weighted by molar-refractivity contribution is 0.105. The summed E-state index contributed by atoms with van der Waals surface area (Å²) >= 11 is 0. The van der Waals surface area contributed by atoms with Crippen LogP contribution >= 0.6 is 0 Å². The SMILES string of the molecule is O=C(/C(=N\N=C(/C(=O)c1ccccc1)c1ccccc1)c1ccccc1)c1ccccc1. The van der Waals surface area contributed by atoms with Gasteiger partial charge < -0.3 is 0 Å². The van der Waals surface area contributed by atoms with Crippen molar-refractivity contribution in [3.05, 3.63) is 144 Å². The van der Waals surface area contributed by atoms with E-state index < -0.39 is 0 Å². The smallest absolute Gasteiger partial charge is 0.213 e. The Balaban J connectivity index is 1.84. The van der Waals surface area contributed by atoms with Crippen LogP contribution in [-0.2, 0) is 0 Å². The predicted octanol–water partition coefficient (Wildman–Crippen LogP) is 5.65. The van der Waals surface area contributed by atoms with E-state index in [9.17, 15) is 9.59 Å². The third-order valence-electron chi connectivity index (χ3n) is 4.85. The molecule has 0 spiro atoms. The van der Waals surface area contributed by atoms with Crippen molar-refractivity contribution in [3.8, 4) is 0 Å². The fourth-order valence-electron chi connectivity index (χ4n) is 3.21. The first-order valence-electron chi connectivity index (χ1n) is 10.2. The van der Waals surface area contributed by atoms with Crippen molar-refractivity contribution in [3.63, 3.8) is 0 Å². The summed E-state index contributed by atoms with van der Waals surface area (Å²) in [6.07, 6.45) is 0. The Bertz CT molecular complexity index is 1160. The number of carbonyl (C=O) groups excluding carboxylic acids is 2. The van der Waals surface area contributed by atoms with Gasteiger partial charge in [0.2, 0.25) is 11.6 Å². The summed E-state index contributed by atoms with van der Waals surface area (Å²) in [6, 6.07) is 36.1. The van der Waals surface area contributed by atoms with E-state index >= 15 is 0 Å². The molecule has 0 bridgehead atoms. The first-order valence-corrected chi connectivity index (χ1v) is 10.2. The molecule has 0 unspecified atom stereocenters. The number of hydrogen-bond acceptors (Lipinski definition) is 4. The van der Waals surface area contributed by atoms with E-state index in [1.807, 2.05) is 48.5 Å². The highest BCUT2D eigenvalue weighted by atomic mass is 16.1. The summed E-state index contributed by atoms with van der Waals surface area (Å²) in [5, 5.41) is 8.66. The molecular weight excluding hydrogens is 396 g/mol. The average Bonchev–Trinajstić information content (AvgIpc) is 2.88. The highest BCUT2D eigenvalue weighted by molar-refractivity contribution is 6.53. The number of nitrogens with zero attached hydrogens (tertiary/aromatic N) is 2. The lowest BCUT2D eigenvalue weighted by Gasteiger charge is -2.07. The number of benzene rings is 4. The van der Waals surface area contributed by atoms with Crippen LogP contribution in [0.25, 0.3) is 0 Å². The molecule has 4 rings (SSSR count). The van der Waals surface area contributed by atoms with Crippen LogP contribution in [0.1, 0.15) is 31.8 Å². The molecule has 4 aromatic carbocycles. The van der Waals surface area contributed by atoms with Gasteiger partial charge in [0, 0.05) is 22.3 Å². The maximum atomic E-state index is 13.2. The van der Waals surface area contributed by atoms with Crippen molar-refractivity contribution in [1.29, 1.82) is 0 Å². The zero-order chi connectivity index (χ0) is 22.2. The molecule has 0 aromatic heterocycles. The van der Waals surface area contributed by atoms with Crippen molar-refractivity contribution in [2.75, 3.05) is 0 Å². The summed E-state index contributed by atoms with van der Waals surface area (Å²) < 4.78 is 0. The Morgan fingerprint density at radius 1 is 0.375 bits per heavy atom. The van der Waals surface area contributed by atoms with Crippen LogP contribution in [0.2, 0.25) is 0 Å². The van der Waals surface area contributed by atoms with Crippen molar-refractivity contribution in [2.24, 2.45) is 10.2 Å². The minimum Gasteiger partial charge on any atom is -0.287 e. The molecule has 0 aliphatic heterocycles. The Kier molecular flexibility index (Phi) is 6.54. The van der Waals surface area contributed by atoms with E-state index in [0.29, 0.717) is 22.3 Å². The molecule has 0 N–H and O–H groups in total. The predicted molar refractivity (Wildman–Crippen MR) is 128 cm³/mol. The number of rotatable bonds is 7. The van der Waals surface area contributed by atoms with Crippen molar-refractivity contribution < 1.29 is 9.59 Å². The van der Waals surface area contributed by atoms with Crippen molar-refractivity contribution >= 4 is 23.0 Å². The van der Waals surface area contributed by atoms with Crippen LogP contribution < -0.4 is 0 Å². The van der Waals surface area contributed by atoms with Crippen LogP contribution in [0.5, 0.6) is 0 Å². The molecular formula is C28H20N2O2. The van der Waals surface area contributed by atoms with Crippen LogP contribution in [-0.4, -0.2) is 23.0 Å². The highest BCUT2D eigenvalue weighted by Crippen LogP contribution is 2.13. The van der Waals surface area contributed by atoms with Crippen molar-refractivity contribution in [1.82, 2.24) is 0 Å². The summed E-state index contributed by atoms with van der Waals surface area (Å²) in [5.41, 5.74) is 2.61. The molecule has 0 atom stereocenters. The quantitative estimate of drug-likeness (QED) is 0.222. The lowest BCUT2D eigenvalue weighted by Crippen LogP contribution is -2.18. The van der Waals surface area contributed by atoms with Gasteiger partial charge in [-0.05, 0) is 0 Å². The van der Waals surface area contributed by atoms with Gasteiger partial charge in [0.25, 0.3) is 0 Å². The molecule has 4 nitrogen and oxygen atoms in total. The highest BCUT2D eigenvalue weighted by Gasteiger charge is 2.19. The van der Waals surface area contributed by atoms with Gasteiger partial charge in [0.05, 0.1) is 0 Å². The third kappa shape index (κ3) is 4.82. The van der Waals surface area contributed by atoms with Gasteiger partial charge in [0.1, 0.15) is 11.4 Å². The second-order valence-corrected chi connectivity index (χ2v) is 7.02. The lowest BCUT2D eigenvalue weighted by atomic mass is 10.0. The van der Waals surface area contributed by atoms with E-state index in [2.05, 4.69) is 10.2 Å². The van der Waals surface area contributed by atoms with Crippen molar-refractivity contribution in [2.45, 2.75) is 0 Å². The van der Waals surface area contributed by atoms with Crippen LogP contribution in [0.15, 0.2) is 132 Å². The zero-order valence-corrected chi connectivity index (χ0v) is 17.3.